The van der Waals surface area contributed by atoms with Gasteiger partial charge >= 0.3 is 0 Å². The van der Waals surface area contributed by atoms with Gasteiger partial charge in [0.2, 0.25) is 0 Å². The van der Waals surface area contributed by atoms with Crippen LogP contribution in [-0.2, 0) is 0 Å². The number of halogens is 2. The second kappa shape index (κ2) is 6.59. The highest BCUT2D eigenvalue weighted by Crippen LogP contribution is 2.25. The first kappa shape index (κ1) is 13.1. The lowest BCUT2D eigenvalue weighted by molar-refractivity contribution is 0.154. The van der Waals surface area contributed by atoms with Gasteiger partial charge in [-0.05, 0) is 18.6 Å². The van der Waals surface area contributed by atoms with Crippen molar-refractivity contribution in [3.05, 3.63) is 35.4 Å². The molecule has 1 nitrogen and oxygen atoms in total. The van der Waals surface area contributed by atoms with Crippen LogP contribution >= 0.6 is 0 Å². The lowest BCUT2D eigenvalue weighted by Crippen LogP contribution is -2.04. The smallest absolute Gasteiger partial charge is 0.131 e. The summed E-state index contributed by atoms with van der Waals surface area (Å²) in [4.78, 5) is 0. The Morgan fingerprint density at radius 2 is 1.75 bits per heavy atom. The number of unbranched alkanes of at least 4 members (excludes halogenated alkanes) is 3. The summed E-state index contributed by atoms with van der Waals surface area (Å²) in [7, 11) is 0. The Morgan fingerprint density at radius 3 is 2.31 bits per heavy atom. The van der Waals surface area contributed by atoms with E-state index in [4.69, 9.17) is 0 Å². The van der Waals surface area contributed by atoms with Crippen molar-refractivity contribution in [2.45, 2.75) is 45.1 Å². The third kappa shape index (κ3) is 3.56. The van der Waals surface area contributed by atoms with Crippen LogP contribution in [0.1, 0.15) is 50.7 Å². The maximum atomic E-state index is 13.3. The monoisotopic (exact) mass is 228 g/mol. The van der Waals surface area contributed by atoms with Gasteiger partial charge in [-0.1, -0.05) is 38.7 Å². The molecular weight excluding hydrogens is 210 g/mol. The summed E-state index contributed by atoms with van der Waals surface area (Å²) in [6, 6.07) is 3.65. The number of hydrogen-bond acceptors (Lipinski definition) is 1. The molecular formula is C13H18F2O. The molecule has 90 valence electrons. The van der Waals surface area contributed by atoms with E-state index in [0.717, 1.165) is 25.7 Å². The average molecular weight is 228 g/mol. The van der Waals surface area contributed by atoms with Crippen LogP contribution in [0.25, 0.3) is 0 Å². The molecule has 0 amide bonds. The molecule has 0 radical (unpaired) electrons. The Balaban J connectivity index is 2.55. The number of benzene rings is 1. The van der Waals surface area contributed by atoms with E-state index in [1.165, 1.54) is 18.2 Å². The Labute approximate surface area is 95.1 Å². The van der Waals surface area contributed by atoms with E-state index in [2.05, 4.69) is 6.92 Å². The molecule has 3 heteroatoms. The van der Waals surface area contributed by atoms with Crippen LogP contribution in [0.15, 0.2) is 18.2 Å². The largest absolute Gasteiger partial charge is 0.388 e. The van der Waals surface area contributed by atoms with Crippen LogP contribution in [0.5, 0.6) is 0 Å². The fraction of sp³-hybridized carbons (Fsp3) is 0.538. The van der Waals surface area contributed by atoms with Crippen LogP contribution in [0.4, 0.5) is 8.78 Å². The highest BCUT2D eigenvalue weighted by Gasteiger charge is 2.16. The molecule has 0 spiro atoms. The van der Waals surface area contributed by atoms with Gasteiger partial charge in [0.1, 0.15) is 11.6 Å². The first-order chi connectivity index (χ1) is 7.66. The molecule has 0 heterocycles. The number of rotatable bonds is 6. The molecule has 1 atom stereocenters. The highest BCUT2D eigenvalue weighted by molar-refractivity contribution is 5.21. The summed E-state index contributed by atoms with van der Waals surface area (Å²) >= 11 is 0. The lowest BCUT2D eigenvalue weighted by Gasteiger charge is -2.12. The molecule has 0 saturated heterocycles. The second-order valence-corrected chi connectivity index (χ2v) is 4.00. The highest BCUT2D eigenvalue weighted by atomic mass is 19.1. The molecule has 16 heavy (non-hydrogen) atoms. The summed E-state index contributed by atoms with van der Waals surface area (Å²) in [6.07, 6.45) is 3.36. The van der Waals surface area contributed by atoms with Gasteiger partial charge in [0.25, 0.3) is 0 Å². The van der Waals surface area contributed by atoms with Gasteiger partial charge in [0.05, 0.1) is 11.7 Å². The predicted molar refractivity (Wildman–Crippen MR) is 60.1 cm³/mol. The minimum Gasteiger partial charge on any atom is -0.388 e. The molecule has 0 aliphatic rings. The molecule has 0 saturated carbocycles. The van der Waals surface area contributed by atoms with Crippen LogP contribution < -0.4 is 0 Å². The van der Waals surface area contributed by atoms with Crippen molar-refractivity contribution in [3.8, 4) is 0 Å². The Hall–Kier alpha value is -0.960. The fourth-order valence-electron chi connectivity index (χ4n) is 1.74. The van der Waals surface area contributed by atoms with Gasteiger partial charge in [0.15, 0.2) is 0 Å². The summed E-state index contributed by atoms with van der Waals surface area (Å²) < 4.78 is 26.6. The van der Waals surface area contributed by atoms with Crippen molar-refractivity contribution in [1.29, 1.82) is 0 Å². The summed E-state index contributed by atoms with van der Waals surface area (Å²) in [5.74, 6) is -1.33. The van der Waals surface area contributed by atoms with Crippen LogP contribution in [0, 0.1) is 11.6 Å². The topological polar surface area (TPSA) is 20.2 Å². The fourth-order valence-corrected chi connectivity index (χ4v) is 1.74. The van der Waals surface area contributed by atoms with Gasteiger partial charge in [0, 0.05) is 0 Å². The van der Waals surface area contributed by atoms with Crippen molar-refractivity contribution in [1.82, 2.24) is 0 Å². The molecule has 0 aliphatic heterocycles. The van der Waals surface area contributed by atoms with E-state index in [1.807, 2.05) is 0 Å². The Bertz CT molecular complexity index is 305. The zero-order valence-corrected chi connectivity index (χ0v) is 9.55. The van der Waals surface area contributed by atoms with Crippen molar-refractivity contribution in [2.24, 2.45) is 0 Å². The molecule has 1 rings (SSSR count). The molecule has 0 fully saturated rings. The van der Waals surface area contributed by atoms with Crippen molar-refractivity contribution >= 4 is 0 Å². The molecule has 0 aromatic heterocycles. The van der Waals surface area contributed by atoms with E-state index < -0.39 is 17.7 Å². The number of aliphatic hydroxyl groups excluding tert-OH is 1. The van der Waals surface area contributed by atoms with E-state index in [0.29, 0.717) is 6.42 Å². The predicted octanol–water partition coefficient (Wildman–Crippen LogP) is 3.97. The normalized spacial score (nSPS) is 12.8. The minimum atomic E-state index is -1.03. The van der Waals surface area contributed by atoms with Gasteiger partial charge in [-0.25, -0.2) is 8.78 Å². The molecule has 1 unspecified atom stereocenters. The van der Waals surface area contributed by atoms with Crippen molar-refractivity contribution in [2.75, 3.05) is 0 Å². The lowest BCUT2D eigenvalue weighted by atomic mass is 10.0. The average Bonchev–Trinajstić information content (AvgIpc) is 2.24. The minimum absolute atomic E-state index is 0.195. The first-order valence-corrected chi connectivity index (χ1v) is 5.78. The Morgan fingerprint density at radius 1 is 1.12 bits per heavy atom. The third-order valence-electron chi connectivity index (χ3n) is 2.66. The molecule has 1 aromatic rings. The van der Waals surface area contributed by atoms with Crippen LogP contribution in [-0.4, -0.2) is 5.11 Å². The molecule has 0 bridgehead atoms. The van der Waals surface area contributed by atoms with Crippen LogP contribution in [0.2, 0.25) is 0 Å². The second-order valence-electron chi connectivity index (χ2n) is 4.00. The number of hydrogen-bond donors (Lipinski definition) is 1. The molecule has 1 aromatic carbocycles. The summed E-state index contributed by atoms with van der Waals surface area (Å²) in [5, 5.41) is 9.70. The van der Waals surface area contributed by atoms with Gasteiger partial charge < -0.3 is 5.11 Å². The zero-order valence-electron chi connectivity index (χ0n) is 9.55. The van der Waals surface area contributed by atoms with Gasteiger partial charge in [-0.3, -0.25) is 0 Å². The zero-order chi connectivity index (χ0) is 12.0. The van der Waals surface area contributed by atoms with E-state index >= 15 is 0 Å². The van der Waals surface area contributed by atoms with Gasteiger partial charge in [-0.2, -0.15) is 0 Å². The van der Waals surface area contributed by atoms with E-state index in [-0.39, 0.29) is 5.56 Å². The van der Waals surface area contributed by atoms with Crippen molar-refractivity contribution < 1.29 is 13.9 Å². The third-order valence-corrected chi connectivity index (χ3v) is 2.66. The maximum Gasteiger partial charge on any atom is 0.131 e. The quantitative estimate of drug-likeness (QED) is 0.730. The van der Waals surface area contributed by atoms with E-state index in [1.54, 1.807) is 0 Å². The summed E-state index contributed by atoms with van der Waals surface area (Å²) in [6.45, 7) is 2.09. The van der Waals surface area contributed by atoms with Gasteiger partial charge in [-0.15, -0.1) is 0 Å². The molecule has 1 N–H and O–H groups in total. The van der Waals surface area contributed by atoms with E-state index in [9.17, 15) is 13.9 Å². The standard InChI is InChI=1S/C13H18F2O/c1-2-3-4-5-9-12(16)13-10(14)7-6-8-11(13)15/h6-8,12,16H,2-5,9H2,1H3. The first-order valence-electron chi connectivity index (χ1n) is 5.78. The molecule has 0 aliphatic carbocycles. The van der Waals surface area contributed by atoms with Crippen LogP contribution in [0.3, 0.4) is 0 Å². The number of aliphatic hydroxyl groups is 1. The Kier molecular flexibility index (Phi) is 5.39. The summed E-state index contributed by atoms with van der Waals surface area (Å²) in [5.41, 5.74) is -0.195. The van der Waals surface area contributed by atoms with Crippen molar-refractivity contribution in [3.63, 3.8) is 0 Å². The maximum absolute atomic E-state index is 13.3. The SMILES string of the molecule is CCCCCCC(O)c1c(F)cccc1F.